The molecule has 1 aromatic rings. The number of hydrogen-bond acceptors (Lipinski definition) is 2. The van der Waals surface area contributed by atoms with Crippen LogP contribution in [0.3, 0.4) is 0 Å². The van der Waals surface area contributed by atoms with Gasteiger partial charge in [-0.25, -0.2) is 0 Å². The molecular formula is C12H13N3O. The van der Waals surface area contributed by atoms with Gasteiger partial charge < -0.3 is 5.32 Å². The fourth-order valence-corrected chi connectivity index (χ4v) is 2.52. The largest absolute Gasteiger partial charge is 0.341 e. The standard InChI is InChI=1S/C12H13N3O/c1-13-11-14-10(16)12(15-11)6-8-4-2-3-5-9(8)7-12/h2-5H,6-7H2,1H3,(H2,13,14,15,16). The van der Waals surface area contributed by atoms with Crippen molar-refractivity contribution < 1.29 is 4.79 Å². The van der Waals surface area contributed by atoms with Crippen molar-refractivity contribution >= 4 is 11.9 Å². The summed E-state index contributed by atoms with van der Waals surface area (Å²) in [7, 11) is 1.67. The van der Waals surface area contributed by atoms with Gasteiger partial charge in [-0.1, -0.05) is 24.3 Å². The van der Waals surface area contributed by atoms with E-state index in [9.17, 15) is 4.79 Å². The molecule has 0 aromatic heterocycles. The zero-order valence-corrected chi connectivity index (χ0v) is 9.08. The summed E-state index contributed by atoms with van der Waals surface area (Å²) in [6.07, 6.45) is 1.49. The van der Waals surface area contributed by atoms with E-state index in [1.54, 1.807) is 7.05 Å². The summed E-state index contributed by atoms with van der Waals surface area (Å²) < 4.78 is 0. The Kier molecular flexibility index (Phi) is 1.80. The first-order valence-electron chi connectivity index (χ1n) is 5.37. The number of guanidine groups is 1. The molecule has 1 amide bonds. The molecule has 0 unspecified atom stereocenters. The predicted octanol–water partition coefficient (Wildman–Crippen LogP) is 0.229. The van der Waals surface area contributed by atoms with E-state index < -0.39 is 5.54 Å². The Morgan fingerprint density at radius 2 is 1.88 bits per heavy atom. The van der Waals surface area contributed by atoms with Crippen LogP contribution in [0.2, 0.25) is 0 Å². The number of carbonyl (C=O) groups is 1. The summed E-state index contributed by atoms with van der Waals surface area (Å²) in [5.41, 5.74) is 2.00. The van der Waals surface area contributed by atoms with E-state index >= 15 is 0 Å². The summed E-state index contributed by atoms with van der Waals surface area (Å²) in [5, 5.41) is 5.97. The molecule has 2 N–H and O–H groups in total. The predicted molar refractivity (Wildman–Crippen MR) is 61.2 cm³/mol. The molecule has 0 radical (unpaired) electrons. The van der Waals surface area contributed by atoms with E-state index in [1.165, 1.54) is 11.1 Å². The molecule has 2 aliphatic rings. The Morgan fingerprint density at radius 3 is 2.38 bits per heavy atom. The highest BCUT2D eigenvalue weighted by molar-refractivity contribution is 6.09. The van der Waals surface area contributed by atoms with Crippen LogP contribution >= 0.6 is 0 Å². The highest BCUT2D eigenvalue weighted by Crippen LogP contribution is 2.31. The third-order valence-corrected chi connectivity index (χ3v) is 3.35. The number of hydrogen-bond donors (Lipinski definition) is 2. The molecule has 4 heteroatoms. The van der Waals surface area contributed by atoms with Gasteiger partial charge in [0, 0.05) is 19.9 Å². The quantitative estimate of drug-likeness (QED) is 0.651. The highest BCUT2D eigenvalue weighted by atomic mass is 16.2. The van der Waals surface area contributed by atoms with Crippen LogP contribution in [0, 0.1) is 0 Å². The van der Waals surface area contributed by atoms with Gasteiger partial charge in [0.25, 0.3) is 5.91 Å². The third-order valence-electron chi connectivity index (χ3n) is 3.35. The Balaban J connectivity index is 1.98. The third kappa shape index (κ3) is 1.16. The average molecular weight is 215 g/mol. The SMILES string of the molecule is CN=C1NC(=O)C2(Cc3ccccc3C2)N1. The second-order valence-corrected chi connectivity index (χ2v) is 4.36. The Bertz CT molecular complexity index is 468. The van der Waals surface area contributed by atoms with Crippen LogP contribution in [-0.2, 0) is 17.6 Å². The van der Waals surface area contributed by atoms with Gasteiger partial charge in [0.15, 0.2) is 5.96 Å². The Hall–Kier alpha value is -1.84. The van der Waals surface area contributed by atoms with Crippen LogP contribution in [0.25, 0.3) is 0 Å². The summed E-state index contributed by atoms with van der Waals surface area (Å²) >= 11 is 0. The van der Waals surface area contributed by atoms with Crippen LogP contribution in [0.1, 0.15) is 11.1 Å². The summed E-state index contributed by atoms with van der Waals surface area (Å²) in [6.45, 7) is 0. The van der Waals surface area contributed by atoms with Gasteiger partial charge in [0.1, 0.15) is 5.54 Å². The normalized spacial score (nSPS) is 23.3. The van der Waals surface area contributed by atoms with Gasteiger partial charge in [-0.3, -0.25) is 15.1 Å². The first-order valence-corrected chi connectivity index (χ1v) is 5.37. The molecule has 0 bridgehead atoms. The van der Waals surface area contributed by atoms with E-state index in [0.29, 0.717) is 5.96 Å². The van der Waals surface area contributed by atoms with Crippen LogP contribution in [-0.4, -0.2) is 24.5 Å². The molecule has 1 fully saturated rings. The van der Waals surface area contributed by atoms with Crippen molar-refractivity contribution in [3.8, 4) is 0 Å². The number of nitrogens with zero attached hydrogens (tertiary/aromatic N) is 1. The fraction of sp³-hybridized carbons (Fsp3) is 0.333. The van der Waals surface area contributed by atoms with Crippen molar-refractivity contribution in [3.63, 3.8) is 0 Å². The van der Waals surface area contributed by atoms with Gasteiger partial charge in [-0.2, -0.15) is 0 Å². The maximum absolute atomic E-state index is 12.0. The number of benzene rings is 1. The second-order valence-electron chi connectivity index (χ2n) is 4.36. The highest BCUT2D eigenvalue weighted by Gasteiger charge is 2.48. The molecule has 0 atom stereocenters. The second kappa shape index (κ2) is 3.07. The number of nitrogens with one attached hydrogen (secondary N) is 2. The fourth-order valence-electron chi connectivity index (χ4n) is 2.52. The topological polar surface area (TPSA) is 53.5 Å². The van der Waals surface area contributed by atoms with E-state index in [1.807, 2.05) is 12.1 Å². The van der Waals surface area contributed by atoms with Crippen molar-refractivity contribution in [2.45, 2.75) is 18.4 Å². The number of carbonyl (C=O) groups excluding carboxylic acids is 1. The lowest BCUT2D eigenvalue weighted by Crippen LogP contribution is -2.47. The molecule has 1 aromatic carbocycles. The van der Waals surface area contributed by atoms with E-state index in [4.69, 9.17) is 0 Å². The molecular weight excluding hydrogens is 202 g/mol. The summed E-state index contributed by atoms with van der Waals surface area (Å²) in [5.74, 6) is 0.613. The van der Waals surface area contributed by atoms with Gasteiger partial charge in [-0.15, -0.1) is 0 Å². The molecule has 4 nitrogen and oxygen atoms in total. The van der Waals surface area contributed by atoms with Gasteiger partial charge in [0.05, 0.1) is 0 Å². The maximum Gasteiger partial charge on any atom is 0.253 e. The van der Waals surface area contributed by atoms with Gasteiger partial charge in [-0.05, 0) is 11.1 Å². The Morgan fingerprint density at radius 1 is 1.25 bits per heavy atom. The zero-order valence-electron chi connectivity index (χ0n) is 9.08. The summed E-state index contributed by atoms with van der Waals surface area (Å²) in [4.78, 5) is 16.0. The van der Waals surface area contributed by atoms with Gasteiger partial charge >= 0.3 is 0 Å². The monoisotopic (exact) mass is 215 g/mol. The Labute approximate surface area is 93.8 Å². The van der Waals surface area contributed by atoms with Crippen molar-refractivity contribution in [3.05, 3.63) is 35.4 Å². The van der Waals surface area contributed by atoms with E-state index in [0.717, 1.165) is 12.8 Å². The lowest BCUT2D eigenvalue weighted by Gasteiger charge is -2.19. The minimum absolute atomic E-state index is 0.0318. The van der Waals surface area contributed by atoms with Gasteiger partial charge in [0.2, 0.25) is 0 Å². The van der Waals surface area contributed by atoms with E-state index in [-0.39, 0.29) is 5.91 Å². The maximum atomic E-state index is 12.0. The van der Waals surface area contributed by atoms with E-state index in [2.05, 4.69) is 27.8 Å². The van der Waals surface area contributed by atoms with Crippen molar-refractivity contribution in [2.24, 2.45) is 4.99 Å². The average Bonchev–Trinajstić information content (AvgIpc) is 2.80. The molecule has 82 valence electrons. The van der Waals surface area contributed by atoms with Crippen molar-refractivity contribution in [1.29, 1.82) is 0 Å². The lowest BCUT2D eigenvalue weighted by atomic mass is 9.96. The molecule has 1 spiro atoms. The lowest BCUT2D eigenvalue weighted by molar-refractivity contribution is -0.123. The molecule has 1 saturated heterocycles. The smallest absolute Gasteiger partial charge is 0.253 e. The molecule has 0 saturated carbocycles. The molecule has 1 heterocycles. The van der Waals surface area contributed by atoms with Crippen molar-refractivity contribution in [2.75, 3.05) is 7.05 Å². The van der Waals surface area contributed by atoms with Crippen LogP contribution in [0.5, 0.6) is 0 Å². The van der Waals surface area contributed by atoms with Crippen LogP contribution in [0.15, 0.2) is 29.3 Å². The first-order chi connectivity index (χ1) is 7.73. The molecule has 1 aliphatic carbocycles. The number of aliphatic imine (C=N–C) groups is 1. The molecule has 3 rings (SSSR count). The minimum atomic E-state index is -0.501. The van der Waals surface area contributed by atoms with Crippen LogP contribution < -0.4 is 10.6 Å². The number of rotatable bonds is 0. The molecule has 1 aliphatic heterocycles. The zero-order chi connectivity index (χ0) is 11.2. The van der Waals surface area contributed by atoms with Crippen molar-refractivity contribution in [1.82, 2.24) is 10.6 Å². The number of fused-ring (bicyclic) bond motifs is 1. The molecule has 16 heavy (non-hydrogen) atoms. The van der Waals surface area contributed by atoms with Crippen LogP contribution in [0.4, 0.5) is 0 Å². The first kappa shape index (κ1) is 9.39. The number of amides is 1. The summed E-state index contributed by atoms with van der Waals surface area (Å²) in [6, 6.07) is 8.19. The minimum Gasteiger partial charge on any atom is -0.341 e.